The van der Waals surface area contributed by atoms with Crippen molar-refractivity contribution in [3.63, 3.8) is 0 Å². The van der Waals surface area contributed by atoms with E-state index in [4.69, 9.17) is 0 Å². The summed E-state index contributed by atoms with van der Waals surface area (Å²) in [4.78, 5) is 2.62. The van der Waals surface area contributed by atoms with Crippen LogP contribution in [0, 0.1) is 11.3 Å². The van der Waals surface area contributed by atoms with E-state index in [0.29, 0.717) is 11.5 Å². The Kier molecular flexibility index (Phi) is 4.19. The summed E-state index contributed by atoms with van der Waals surface area (Å²) in [5, 5.41) is 10.1. The zero-order chi connectivity index (χ0) is 13.3. The minimum Gasteiger partial charge on any atom is -0.393 e. The molecule has 3 aliphatic carbocycles. The van der Waals surface area contributed by atoms with Gasteiger partial charge in [-0.1, -0.05) is 32.1 Å². The average Bonchev–Trinajstić information content (AvgIpc) is 2.80. The van der Waals surface area contributed by atoms with Crippen molar-refractivity contribution in [2.24, 2.45) is 11.3 Å². The molecule has 2 atom stereocenters. The Balaban J connectivity index is 1.60. The summed E-state index contributed by atoms with van der Waals surface area (Å²) in [7, 11) is 2.32. The number of hydrogen-bond acceptors (Lipinski definition) is 2. The molecule has 0 aliphatic heterocycles. The molecule has 3 saturated carbocycles. The van der Waals surface area contributed by atoms with Crippen LogP contribution < -0.4 is 0 Å². The molecule has 1 spiro atoms. The first-order valence-corrected chi connectivity index (χ1v) is 8.58. The molecule has 2 unspecified atom stereocenters. The topological polar surface area (TPSA) is 23.5 Å². The predicted molar refractivity (Wildman–Crippen MR) is 79.1 cm³/mol. The first-order valence-electron chi connectivity index (χ1n) is 8.58. The highest BCUT2D eigenvalue weighted by molar-refractivity contribution is 4.99. The zero-order valence-corrected chi connectivity index (χ0v) is 12.6. The summed E-state index contributed by atoms with van der Waals surface area (Å²) in [5.74, 6) is 1.01. The van der Waals surface area contributed by atoms with Gasteiger partial charge in [0.1, 0.15) is 0 Å². The van der Waals surface area contributed by atoms with Gasteiger partial charge in [0.25, 0.3) is 0 Å². The lowest BCUT2D eigenvalue weighted by molar-refractivity contribution is -0.0191. The van der Waals surface area contributed by atoms with Gasteiger partial charge in [0, 0.05) is 6.04 Å². The second kappa shape index (κ2) is 5.73. The van der Waals surface area contributed by atoms with Gasteiger partial charge < -0.3 is 10.0 Å². The maximum Gasteiger partial charge on any atom is 0.0555 e. The van der Waals surface area contributed by atoms with Crippen LogP contribution in [0.1, 0.15) is 70.6 Å². The van der Waals surface area contributed by atoms with Crippen LogP contribution in [0.3, 0.4) is 0 Å². The van der Waals surface area contributed by atoms with Crippen LogP contribution in [0.25, 0.3) is 0 Å². The van der Waals surface area contributed by atoms with Gasteiger partial charge in [-0.15, -0.1) is 0 Å². The smallest absolute Gasteiger partial charge is 0.0555 e. The molecule has 2 nitrogen and oxygen atoms in total. The molecule has 1 N–H and O–H groups in total. The molecule has 0 aromatic heterocycles. The van der Waals surface area contributed by atoms with Crippen LogP contribution in [0.15, 0.2) is 0 Å². The molecule has 0 radical (unpaired) electrons. The summed E-state index contributed by atoms with van der Waals surface area (Å²) in [5.41, 5.74) is 0.563. The van der Waals surface area contributed by atoms with Crippen LogP contribution in [0.2, 0.25) is 0 Å². The lowest BCUT2D eigenvalue weighted by atomic mass is 9.67. The molecule has 19 heavy (non-hydrogen) atoms. The lowest BCUT2D eigenvalue weighted by Gasteiger charge is -2.48. The molecule has 3 rings (SSSR count). The summed E-state index contributed by atoms with van der Waals surface area (Å²) < 4.78 is 0. The van der Waals surface area contributed by atoms with Gasteiger partial charge in [-0.3, -0.25) is 0 Å². The van der Waals surface area contributed by atoms with E-state index in [9.17, 15) is 5.11 Å². The number of hydrogen-bond donors (Lipinski definition) is 1. The minimum atomic E-state index is -0.0395. The fraction of sp³-hybridized carbons (Fsp3) is 1.00. The van der Waals surface area contributed by atoms with E-state index in [0.717, 1.165) is 18.8 Å². The molecule has 2 heteroatoms. The second-order valence-electron chi connectivity index (χ2n) is 7.58. The molecule has 0 amide bonds. The Hall–Kier alpha value is -0.0800. The third kappa shape index (κ3) is 2.85. The van der Waals surface area contributed by atoms with Crippen LogP contribution in [-0.4, -0.2) is 35.7 Å². The normalized spacial score (nSPS) is 34.9. The van der Waals surface area contributed by atoms with Gasteiger partial charge in [0.15, 0.2) is 0 Å². The van der Waals surface area contributed by atoms with E-state index >= 15 is 0 Å². The predicted octanol–water partition coefficient (Wildman–Crippen LogP) is 3.58. The first kappa shape index (κ1) is 13.9. The average molecular weight is 265 g/mol. The Labute approximate surface area is 118 Å². The molecule has 110 valence electrons. The quantitative estimate of drug-likeness (QED) is 0.840. The molecule has 0 heterocycles. The molecule has 0 aromatic carbocycles. The highest BCUT2D eigenvalue weighted by Crippen LogP contribution is 2.50. The summed E-state index contributed by atoms with van der Waals surface area (Å²) in [6.45, 7) is 1.25. The monoisotopic (exact) mass is 265 g/mol. The van der Waals surface area contributed by atoms with Crippen molar-refractivity contribution in [1.29, 1.82) is 0 Å². The van der Waals surface area contributed by atoms with Gasteiger partial charge in [0.05, 0.1) is 6.10 Å². The Morgan fingerprint density at radius 2 is 1.79 bits per heavy atom. The molecular formula is C17H31NO. The molecule has 0 aromatic rings. The number of rotatable bonds is 4. The fourth-order valence-corrected chi connectivity index (χ4v) is 4.88. The molecule has 0 bridgehead atoms. The number of nitrogens with zero attached hydrogens (tertiary/aromatic N) is 1. The zero-order valence-electron chi connectivity index (χ0n) is 12.6. The van der Waals surface area contributed by atoms with E-state index in [1.807, 2.05) is 0 Å². The molecule has 3 aliphatic rings. The Morgan fingerprint density at radius 3 is 2.42 bits per heavy atom. The van der Waals surface area contributed by atoms with Crippen LogP contribution >= 0.6 is 0 Å². The van der Waals surface area contributed by atoms with E-state index in [1.54, 1.807) is 0 Å². The Bertz CT molecular complexity index is 294. The van der Waals surface area contributed by atoms with Gasteiger partial charge in [0.2, 0.25) is 0 Å². The molecule has 3 fully saturated rings. The summed E-state index contributed by atoms with van der Waals surface area (Å²) >= 11 is 0. The van der Waals surface area contributed by atoms with Gasteiger partial charge in [-0.25, -0.2) is 0 Å². The minimum absolute atomic E-state index is 0.0395. The number of aliphatic hydroxyl groups excluding tert-OH is 1. The maximum absolute atomic E-state index is 10.1. The highest BCUT2D eigenvalue weighted by atomic mass is 16.3. The maximum atomic E-state index is 10.1. The van der Waals surface area contributed by atoms with Crippen molar-refractivity contribution < 1.29 is 5.11 Å². The van der Waals surface area contributed by atoms with Crippen molar-refractivity contribution in [3.8, 4) is 0 Å². The molecular weight excluding hydrogens is 234 g/mol. The van der Waals surface area contributed by atoms with Crippen LogP contribution in [0.5, 0.6) is 0 Å². The number of aliphatic hydroxyl groups is 1. The van der Waals surface area contributed by atoms with E-state index < -0.39 is 0 Å². The van der Waals surface area contributed by atoms with Gasteiger partial charge in [-0.05, 0) is 63.5 Å². The van der Waals surface area contributed by atoms with Gasteiger partial charge in [-0.2, -0.15) is 0 Å². The Morgan fingerprint density at radius 1 is 1.05 bits per heavy atom. The highest BCUT2D eigenvalue weighted by Gasteiger charge is 2.46. The third-order valence-electron chi connectivity index (χ3n) is 6.42. The SMILES string of the molecule is CN(CCC1CCC1)C1CC(O)CCC12CCCC2. The third-order valence-corrected chi connectivity index (χ3v) is 6.42. The van der Waals surface area contributed by atoms with Gasteiger partial charge >= 0.3 is 0 Å². The largest absolute Gasteiger partial charge is 0.393 e. The van der Waals surface area contributed by atoms with E-state index in [2.05, 4.69) is 11.9 Å². The standard InChI is InChI=1S/C17H31NO/c1-18(12-8-14-5-4-6-14)16-13-15(19)7-11-17(16)9-2-3-10-17/h14-16,19H,2-13H2,1H3. The van der Waals surface area contributed by atoms with Crippen LogP contribution in [-0.2, 0) is 0 Å². The lowest BCUT2D eigenvalue weighted by Crippen LogP contribution is -2.50. The van der Waals surface area contributed by atoms with E-state index in [-0.39, 0.29) is 6.10 Å². The van der Waals surface area contributed by atoms with Crippen molar-refractivity contribution in [3.05, 3.63) is 0 Å². The van der Waals surface area contributed by atoms with Crippen molar-refractivity contribution in [1.82, 2.24) is 4.90 Å². The van der Waals surface area contributed by atoms with Crippen molar-refractivity contribution in [2.45, 2.75) is 82.8 Å². The van der Waals surface area contributed by atoms with Crippen LogP contribution in [0.4, 0.5) is 0 Å². The summed E-state index contributed by atoms with van der Waals surface area (Å²) in [6, 6.07) is 0.652. The van der Waals surface area contributed by atoms with Crippen molar-refractivity contribution >= 4 is 0 Å². The fourth-order valence-electron chi connectivity index (χ4n) is 4.88. The first-order chi connectivity index (χ1) is 9.20. The summed E-state index contributed by atoms with van der Waals surface area (Å²) in [6.07, 6.45) is 14.8. The molecule has 0 saturated heterocycles. The second-order valence-corrected chi connectivity index (χ2v) is 7.58. The van der Waals surface area contributed by atoms with Crippen molar-refractivity contribution in [2.75, 3.05) is 13.6 Å². The van der Waals surface area contributed by atoms with E-state index in [1.165, 1.54) is 64.3 Å².